The van der Waals surface area contributed by atoms with Gasteiger partial charge in [-0.15, -0.1) is 0 Å². The van der Waals surface area contributed by atoms with E-state index in [0.717, 1.165) is 24.8 Å². The molecule has 84 valence electrons. The molecule has 0 aliphatic heterocycles. The molecule has 1 unspecified atom stereocenters. The first-order chi connectivity index (χ1) is 7.72. The van der Waals surface area contributed by atoms with E-state index in [0.29, 0.717) is 0 Å². The van der Waals surface area contributed by atoms with Crippen molar-refractivity contribution in [3.05, 3.63) is 48.0 Å². The predicted octanol–water partition coefficient (Wildman–Crippen LogP) is 2.97. The number of fused-ring (bicyclic) bond motifs is 1. The fourth-order valence-electron chi connectivity index (χ4n) is 2.43. The third kappa shape index (κ3) is 1.64. The minimum atomic E-state index is -0.429. The summed E-state index contributed by atoms with van der Waals surface area (Å²) in [7, 11) is 0. The zero-order valence-electron chi connectivity index (χ0n) is 9.53. The molecule has 0 saturated heterocycles. The van der Waals surface area contributed by atoms with E-state index in [-0.39, 0.29) is 5.97 Å². The fraction of sp³-hybridized carbons (Fsp3) is 0.357. The molecule has 0 radical (unpaired) electrons. The lowest BCUT2D eigenvalue weighted by Crippen LogP contribution is -2.28. The van der Waals surface area contributed by atoms with Gasteiger partial charge in [0, 0.05) is 6.08 Å². The fourth-order valence-corrected chi connectivity index (χ4v) is 2.43. The first-order valence-electron chi connectivity index (χ1n) is 5.65. The second kappa shape index (κ2) is 4.12. The Kier molecular flexibility index (Phi) is 2.82. The van der Waals surface area contributed by atoms with Crippen LogP contribution >= 0.6 is 0 Å². The van der Waals surface area contributed by atoms with Crippen molar-refractivity contribution in [3.63, 3.8) is 0 Å². The lowest BCUT2D eigenvalue weighted by molar-refractivity contribution is -0.155. The first kappa shape index (κ1) is 10.9. The van der Waals surface area contributed by atoms with Crippen molar-refractivity contribution in [2.24, 2.45) is 0 Å². The molecule has 0 aromatic heterocycles. The standard InChI is InChI=1S/C14H16O2/c1-3-13(15)16-14(4-2)10-9-11-7-5-6-8-12(11)14/h3,5-8H,1,4,9-10H2,2H3. The van der Waals surface area contributed by atoms with E-state index in [4.69, 9.17) is 4.74 Å². The van der Waals surface area contributed by atoms with Crippen LogP contribution in [0.4, 0.5) is 0 Å². The second-order valence-corrected chi connectivity index (χ2v) is 4.13. The highest BCUT2D eigenvalue weighted by atomic mass is 16.6. The lowest BCUT2D eigenvalue weighted by Gasteiger charge is -2.28. The molecular formula is C14H16O2. The van der Waals surface area contributed by atoms with Gasteiger partial charge in [-0.25, -0.2) is 4.79 Å². The molecule has 0 saturated carbocycles. The molecule has 0 N–H and O–H groups in total. The summed E-state index contributed by atoms with van der Waals surface area (Å²) in [5.74, 6) is -0.335. The third-order valence-corrected chi connectivity index (χ3v) is 3.34. The Labute approximate surface area is 95.9 Å². The quantitative estimate of drug-likeness (QED) is 0.573. The van der Waals surface area contributed by atoms with Gasteiger partial charge in [-0.1, -0.05) is 37.8 Å². The minimum Gasteiger partial charge on any atom is -0.451 e. The van der Waals surface area contributed by atoms with Crippen molar-refractivity contribution >= 4 is 5.97 Å². The number of esters is 1. The molecule has 2 rings (SSSR count). The highest BCUT2D eigenvalue weighted by Gasteiger charge is 2.40. The summed E-state index contributed by atoms with van der Waals surface area (Å²) < 4.78 is 5.57. The van der Waals surface area contributed by atoms with Crippen LogP contribution in [0.1, 0.15) is 30.9 Å². The molecule has 16 heavy (non-hydrogen) atoms. The average Bonchev–Trinajstić information content (AvgIpc) is 2.69. The van der Waals surface area contributed by atoms with Gasteiger partial charge in [-0.3, -0.25) is 0 Å². The number of ether oxygens (including phenoxy) is 1. The molecule has 0 spiro atoms. The van der Waals surface area contributed by atoms with Gasteiger partial charge in [0.2, 0.25) is 0 Å². The van der Waals surface area contributed by atoms with Crippen molar-refractivity contribution < 1.29 is 9.53 Å². The second-order valence-electron chi connectivity index (χ2n) is 4.13. The lowest BCUT2D eigenvalue weighted by atomic mass is 9.93. The zero-order chi connectivity index (χ0) is 11.6. The van der Waals surface area contributed by atoms with Crippen molar-refractivity contribution in [2.45, 2.75) is 31.8 Å². The topological polar surface area (TPSA) is 26.3 Å². The van der Waals surface area contributed by atoms with E-state index in [1.165, 1.54) is 11.6 Å². The summed E-state index contributed by atoms with van der Waals surface area (Å²) >= 11 is 0. The van der Waals surface area contributed by atoms with E-state index in [9.17, 15) is 4.79 Å². The average molecular weight is 216 g/mol. The van der Waals surface area contributed by atoms with Gasteiger partial charge < -0.3 is 4.74 Å². The Hall–Kier alpha value is -1.57. The van der Waals surface area contributed by atoms with Crippen molar-refractivity contribution in [3.8, 4) is 0 Å². The molecular weight excluding hydrogens is 200 g/mol. The summed E-state index contributed by atoms with van der Waals surface area (Å²) in [4.78, 5) is 11.4. The number of benzene rings is 1. The van der Waals surface area contributed by atoms with Gasteiger partial charge in [-0.05, 0) is 30.4 Å². The number of carbonyl (C=O) groups excluding carboxylic acids is 1. The Bertz CT molecular complexity index is 422. The van der Waals surface area contributed by atoms with Crippen LogP contribution in [-0.4, -0.2) is 5.97 Å². The van der Waals surface area contributed by atoms with Gasteiger partial charge in [0.1, 0.15) is 5.60 Å². The highest BCUT2D eigenvalue weighted by molar-refractivity contribution is 5.81. The third-order valence-electron chi connectivity index (χ3n) is 3.34. The molecule has 0 amide bonds. The van der Waals surface area contributed by atoms with E-state index in [1.807, 2.05) is 12.1 Å². The van der Waals surface area contributed by atoms with E-state index in [2.05, 4.69) is 25.6 Å². The van der Waals surface area contributed by atoms with Gasteiger partial charge in [0.25, 0.3) is 0 Å². The smallest absolute Gasteiger partial charge is 0.331 e. The number of hydrogen-bond donors (Lipinski definition) is 0. The molecule has 2 heteroatoms. The largest absolute Gasteiger partial charge is 0.451 e. The Morgan fingerprint density at radius 3 is 3.00 bits per heavy atom. The van der Waals surface area contributed by atoms with Gasteiger partial charge in [-0.2, -0.15) is 0 Å². The predicted molar refractivity (Wildman–Crippen MR) is 63.0 cm³/mol. The summed E-state index contributed by atoms with van der Waals surface area (Å²) in [6, 6.07) is 8.19. The first-order valence-corrected chi connectivity index (χ1v) is 5.65. The Balaban J connectivity index is 2.37. The summed E-state index contributed by atoms with van der Waals surface area (Å²) in [6.45, 7) is 5.50. The summed E-state index contributed by atoms with van der Waals surface area (Å²) in [5, 5.41) is 0. The zero-order valence-corrected chi connectivity index (χ0v) is 9.53. The summed E-state index contributed by atoms with van der Waals surface area (Å²) in [5.41, 5.74) is 2.02. The Morgan fingerprint density at radius 2 is 2.31 bits per heavy atom. The maximum atomic E-state index is 11.4. The van der Waals surface area contributed by atoms with Crippen LogP contribution in [0.3, 0.4) is 0 Å². The van der Waals surface area contributed by atoms with Crippen LogP contribution in [0.25, 0.3) is 0 Å². The van der Waals surface area contributed by atoms with Gasteiger partial charge in [0.15, 0.2) is 0 Å². The number of rotatable bonds is 3. The molecule has 1 aliphatic rings. The molecule has 1 aliphatic carbocycles. The molecule has 0 bridgehead atoms. The van der Waals surface area contributed by atoms with Crippen LogP contribution in [0, 0.1) is 0 Å². The van der Waals surface area contributed by atoms with Crippen LogP contribution in [-0.2, 0) is 21.6 Å². The SMILES string of the molecule is C=CC(=O)OC1(CC)CCc2ccccc21. The number of aryl methyl sites for hydroxylation is 1. The number of hydrogen-bond acceptors (Lipinski definition) is 2. The molecule has 0 heterocycles. The molecule has 0 fully saturated rings. The van der Waals surface area contributed by atoms with Crippen LogP contribution in [0.5, 0.6) is 0 Å². The van der Waals surface area contributed by atoms with Crippen molar-refractivity contribution in [1.29, 1.82) is 0 Å². The van der Waals surface area contributed by atoms with Crippen molar-refractivity contribution in [1.82, 2.24) is 0 Å². The van der Waals surface area contributed by atoms with Crippen LogP contribution in [0.15, 0.2) is 36.9 Å². The molecule has 1 aromatic carbocycles. The molecule has 1 aromatic rings. The maximum absolute atomic E-state index is 11.4. The monoisotopic (exact) mass is 216 g/mol. The van der Waals surface area contributed by atoms with E-state index >= 15 is 0 Å². The summed E-state index contributed by atoms with van der Waals surface area (Å²) in [6.07, 6.45) is 3.90. The van der Waals surface area contributed by atoms with Crippen LogP contribution in [0.2, 0.25) is 0 Å². The van der Waals surface area contributed by atoms with Gasteiger partial charge >= 0.3 is 5.97 Å². The highest BCUT2D eigenvalue weighted by Crippen LogP contribution is 2.42. The minimum absolute atomic E-state index is 0.335. The van der Waals surface area contributed by atoms with E-state index in [1.54, 1.807) is 0 Å². The van der Waals surface area contributed by atoms with Crippen molar-refractivity contribution in [2.75, 3.05) is 0 Å². The Morgan fingerprint density at radius 1 is 1.56 bits per heavy atom. The van der Waals surface area contributed by atoms with Gasteiger partial charge in [0.05, 0.1) is 0 Å². The number of carbonyl (C=O) groups is 1. The maximum Gasteiger partial charge on any atom is 0.331 e. The van der Waals surface area contributed by atoms with Crippen LogP contribution < -0.4 is 0 Å². The molecule has 1 atom stereocenters. The normalized spacial score (nSPS) is 22.6. The van der Waals surface area contributed by atoms with E-state index < -0.39 is 5.60 Å². The molecule has 2 nitrogen and oxygen atoms in total.